The average molecular weight is 380 g/mol. The molecule has 1 aliphatic heterocycles. The third-order valence-corrected chi connectivity index (χ3v) is 6.71. The molecule has 2 amide bonds. The first-order valence-corrected chi connectivity index (χ1v) is 9.60. The summed E-state index contributed by atoms with van der Waals surface area (Å²) < 4.78 is 13.3. The summed E-state index contributed by atoms with van der Waals surface area (Å²) in [7, 11) is 0. The van der Waals surface area contributed by atoms with Gasteiger partial charge < -0.3 is 15.3 Å². The number of rotatable bonds is 3. The van der Waals surface area contributed by atoms with Crippen LogP contribution in [0.5, 0.6) is 0 Å². The summed E-state index contributed by atoms with van der Waals surface area (Å²) in [6, 6.07) is 12.1. The largest absolute Gasteiger partial charge is 0.481 e. The van der Waals surface area contributed by atoms with Crippen molar-refractivity contribution in [1.29, 1.82) is 0 Å². The van der Waals surface area contributed by atoms with E-state index in [1.807, 2.05) is 24.3 Å². The van der Waals surface area contributed by atoms with Crippen molar-refractivity contribution in [2.45, 2.75) is 38.3 Å². The minimum Gasteiger partial charge on any atom is -0.481 e. The van der Waals surface area contributed by atoms with Gasteiger partial charge in [-0.1, -0.05) is 18.2 Å². The number of carboxylic acid groups (broad SMARTS) is 1. The van der Waals surface area contributed by atoms with Crippen molar-refractivity contribution >= 4 is 17.7 Å². The highest BCUT2D eigenvalue weighted by atomic mass is 19.1. The van der Waals surface area contributed by atoms with Crippen LogP contribution in [0.3, 0.4) is 0 Å². The Morgan fingerprint density at radius 3 is 2.43 bits per heavy atom. The number of fused-ring (bicyclic) bond motifs is 2. The zero-order chi connectivity index (χ0) is 19.5. The highest BCUT2D eigenvalue weighted by Crippen LogP contribution is 2.65. The summed E-state index contributed by atoms with van der Waals surface area (Å²) in [5.41, 5.74) is 3.16. The van der Waals surface area contributed by atoms with Gasteiger partial charge in [0, 0.05) is 18.8 Å². The van der Waals surface area contributed by atoms with Gasteiger partial charge in [-0.3, -0.25) is 4.79 Å². The molecule has 3 saturated carbocycles. The van der Waals surface area contributed by atoms with Gasteiger partial charge in [0.2, 0.25) is 0 Å². The molecule has 0 aromatic heterocycles. The van der Waals surface area contributed by atoms with Gasteiger partial charge in [0.1, 0.15) is 5.82 Å². The minimum absolute atomic E-state index is 0.211. The zero-order valence-corrected chi connectivity index (χ0v) is 15.3. The summed E-state index contributed by atoms with van der Waals surface area (Å²) in [4.78, 5) is 25.7. The van der Waals surface area contributed by atoms with E-state index in [4.69, 9.17) is 0 Å². The molecule has 0 radical (unpaired) electrons. The average Bonchev–Trinajstić information content (AvgIpc) is 3.32. The van der Waals surface area contributed by atoms with Crippen LogP contribution in [0, 0.1) is 17.2 Å². The number of hydrogen-bond acceptors (Lipinski definition) is 2. The van der Waals surface area contributed by atoms with E-state index in [9.17, 15) is 19.1 Å². The molecule has 5 nitrogen and oxygen atoms in total. The number of aliphatic carboxylic acids is 1. The van der Waals surface area contributed by atoms with Crippen molar-refractivity contribution in [3.63, 3.8) is 0 Å². The van der Waals surface area contributed by atoms with Crippen molar-refractivity contribution in [3.05, 3.63) is 65.0 Å². The maximum absolute atomic E-state index is 13.3. The van der Waals surface area contributed by atoms with Gasteiger partial charge in [0.05, 0.1) is 5.41 Å². The second kappa shape index (κ2) is 6.06. The Kier molecular flexibility index (Phi) is 3.73. The number of carbonyl (C=O) groups excluding carboxylic acids is 1. The van der Waals surface area contributed by atoms with Crippen LogP contribution < -0.4 is 5.32 Å². The lowest BCUT2D eigenvalue weighted by atomic mass is 9.69. The second-order valence-corrected chi connectivity index (χ2v) is 8.39. The van der Waals surface area contributed by atoms with Crippen molar-refractivity contribution in [2.75, 3.05) is 5.32 Å². The van der Waals surface area contributed by atoms with Crippen molar-refractivity contribution in [2.24, 2.45) is 11.3 Å². The Morgan fingerprint density at radius 2 is 1.75 bits per heavy atom. The van der Waals surface area contributed by atoms with E-state index in [-0.39, 0.29) is 11.8 Å². The van der Waals surface area contributed by atoms with Crippen molar-refractivity contribution < 1.29 is 19.1 Å². The van der Waals surface area contributed by atoms with Crippen LogP contribution in [0.25, 0.3) is 0 Å². The van der Waals surface area contributed by atoms with Crippen LogP contribution in [0.4, 0.5) is 14.9 Å². The zero-order valence-electron chi connectivity index (χ0n) is 15.3. The van der Waals surface area contributed by atoms with Gasteiger partial charge in [0.15, 0.2) is 0 Å². The fourth-order valence-electron chi connectivity index (χ4n) is 5.16. The third kappa shape index (κ3) is 2.66. The first-order valence-electron chi connectivity index (χ1n) is 9.60. The monoisotopic (exact) mass is 380 g/mol. The number of nitrogens with zero attached hydrogens (tertiary/aromatic N) is 1. The fourth-order valence-corrected chi connectivity index (χ4v) is 5.16. The predicted molar refractivity (Wildman–Crippen MR) is 101 cm³/mol. The maximum Gasteiger partial charge on any atom is 0.322 e. The lowest BCUT2D eigenvalue weighted by molar-refractivity contribution is -0.153. The lowest BCUT2D eigenvalue weighted by Gasteiger charge is -2.34. The molecule has 3 fully saturated rings. The number of carbonyl (C=O) groups is 2. The Hall–Kier alpha value is -2.89. The Labute approximate surface area is 162 Å². The predicted octanol–water partition coefficient (Wildman–Crippen LogP) is 4.34. The van der Waals surface area contributed by atoms with Crippen LogP contribution in [-0.4, -0.2) is 22.0 Å². The Morgan fingerprint density at radius 1 is 1.04 bits per heavy atom. The van der Waals surface area contributed by atoms with E-state index in [2.05, 4.69) is 5.32 Å². The molecular formula is C22H21FN2O3. The number of halogens is 1. The second-order valence-electron chi connectivity index (χ2n) is 8.39. The molecule has 1 atom stereocenters. The smallest absolute Gasteiger partial charge is 0.322 e. The normalized spacial score (nSPS) is 27.2. The summed E-state index contributed by atoms with van der Waals surface area (Å²) in [6.07, 6.45) is 2.27. The van der Waals surface area contributed by atoms with Crippen molar-refractivity contribution in [1.82, 2.24) is 4.90 Å². The summed E-state index contributed by atoms with van der Waals surface area (Å²) in [5, 5.41) is 12.3. The maximum atomic E-state index is 13.3. The number of nitrogens with one attached hydrogen (secondary N) is 1. The highest BCUT2D eigenvalue weighted by molar-refractivity contribution is 5.89. The Bertz CT molecular complexity index is 966. The van der Waals surface area contributed by atoms with E-state index in [0.717, 1.165) is 29.5 Å². The minimum atomic E-state index is -0.665. The molecule has 0 unspecified atom stereocenters. The molecule has 2 N–H and O–H groups in total. The third-order valence-electron chi connectivity index (χ3n) is 6.71. The van der Waals surface area contributed by atoms with Crippen LogP contribution >= 0.6 is 0 Å². The lowest BCUT2D eigenvalue weighted by Crippen LogP contribution is -2.36. The van der Waals surface area contributed by atoms with Gasteiger partial charge in [-0.05, 0) is 72.1 Å². The molecule has 28 heavy (non-hydrogen) atoms. The van der Waals surface area contributed by atoms with Gasteiger partial charge in [-0.15, -0.1) is 0 Å². The quantitative estimate of drug-likeness (QED) is 0.832. The molecule has 6 rings (SSSR count). The van der Waals surface area contributed by atoms with Gasteiger partial charge >= 0.3 is 12.0 Å². The van der Waals surface area contributed by atoms with E-state index >= 15 is 0 Å². The molecular weight excluding hydrogens is 359 g/mol. The van der Waals surface area contributed by atoms with E-state index in [0.29, 0.717) is 37.0 Å². The summed E-state index contributed by atoms with van der Waals surface area (Å²) in [6.45, 7) is 0.874. The topological polar surface area (TPSA) is 69.6 Å². The number of amides is 2. The fraction of sp³-hybridized carbons (Fsp3) is 0.364. The summed E-state index contributed by atoms with van der Waals surface area (Å²) >= 11 is 0. The summed E-state index contributed by atoms with van der Waals surface area (Å²) in [5.74, 6) is -0.198. The van der Waals surface area contributed by atoms with E-state index in [1.165, 1.54) is 12.1 Å². The molecule has 1 heterocycles. The first kappa shape index (κ1) is 17.2. The van der Waals surface area contributed by atoms with Crippen LogP contribution in [0.2, 0.25) is 0 Å². The van der Waals surface area contributed by atoms with Crippen molar-refractivity contribution in [3.8, 4) is 0 Å². The SMILES string of the molecule is O=C(Nc1ccc([C@@H]2CC3(C(=O)O)CC2C3)cc1)N1Cc2ccc(F)cc2C1. The number of hydrogen-bond donors (Lipinski definition) is 2. The van der Waals surface area contributed by atoms with Gasteiger partial charge in [-0.25, -0.2) is 9.18 Å². The molecule has 6 heteroatoms. The first-order chi connectivity index (χ1) is 13.4. The number of benzene rings is 2. The molecule has 2 aromatic rings. The molecule has 2 bridgehead atoms. The standard InChI is InChI=1S/C22H21FN2O3/c23-17-4-1-14-11-25(12-15(14)7-17)21(28)24-18-5-2-13(3-6-18)19-10-22(20(26)27)8-16(19)9-22/h1-7,16,19H,8-12H2,(H,24,28)(H,26,27)/t16?,19-,22?/m0/s1. The van der Waals surface area contributed by atoms with E-state index in [1.54, 1.807) is 11.0 Å². The number of anilines is 1. The number of carboxylic acids is 1. The van der Waals surface area contributed by atoms with E-state index < -0.39 is 11.4 Å². The van der Waals surface area contributed by atoms with Gasteiger partial charge in [0.25, 0.3) is 0 Å². The van der Waals surface area contributed by atoms with Crippen LogP contribution in [-0.2, 0) is 17.9 Å². The van der Waals surface area contributed by atoms with Gasteiger partial charge in [-0.2, -0.15) is 0 Å². The molecule has 4 aliphatic rings. The molecule has 3 aliphatic carbocycles. The highest BCUT2D eigenvalue weighted by Gasteiger charge is 2.60. The van der Waals surface area contributed by atoms with Crippen LogP contribution in [0.1, 0.15) is 41.9 Å². The molecule has 2 aromatic carbocycles. The Balaban J connectivity index is 1.23. The van der Waals surface area contributed by atoms with Crippen LogP contribution in [0.15, 0.2) is 42.5 Å². The molecule has 0 saturated heterocycles. The molecule has 144 valence electrons. The number of urea groups is 1. The molecule has 0 spiro atoms.